The first-order valence-corrected chi connectivity index (χ1v) is 15.2. The largest absolute Gasteiger partial charge is 0.454 e. The Bertz CT molecular complexity index is 2780. The first-order valence-electron chi connectivity index (χ1n) is 15.2. The van der Waals surface area contributed by atoms with Crippen molar-refractivity contribution < 1.29 is 4.42 Å². The van der Waals surface area contributed by atoms with E-state index < -0.39 is 0 Å². The van der Waals surface area contributed by atoms with Crippen LogP contribution in [0.3, 0.4) is 0 Å². The molecule has 0 bridgehead atoms. The van der Waals surface area contributed by atoms with Crippen molar-refractivity contribution in [2.75, 3.05) is 0 Å². The van der Waals surface area contributed by atoms with Crippen molar-refractivity contribution in [1.29, 1.82) is 0 Å². The first kappa shape index (κ1) is 25.0. The van der Waals surface area contributed by atoms with E-state index in [1.54, 1.807) is 12.4 Å². The minimum absolute atomic E-state index is 0.560. The van der Waals surface area contributed by atoms with E-state index in [2.05, 4.69) is 125 Å². The standard InChI is InChI=1S/C40H23N5O/c1-2-8-28-24(7-1)13-14-25-15-16-26(21-33(25)28)38-42-39(27-17-18-31-32-19-20-41-23-37(32)46-36(31)22-27)44-40(43-38)45-34-11-5-3-9-29(34)30-10-4-6-12-35(30)45/h1-23H. The molecule has 0 aliphatic heterocycles. The number of rotatable bonds is 3. The quantitative estimate of drug-likeness (QED) is 0.192. The van der Waals surface area contributed by atoms with Gasteiger partial charge in [0.05, 0.1) is 17.2 Å². The normalized spacial score (nSPS) is 11.9. The minimum atomic E-state index is 0.560. The van der Waals surface area contributed by atoms with Crippen molar-refractivity contribution in [2.45, 2.75) is 0 Å². The Morgan fingerprint density at radius 3 is 1.85 bits per heavy atom. The van der Waals surface area contributed by atoms with E-state index in [4.69, 9.17) is 19.4 Å². The monoisotopic (exact) mass is 589 g/mol. The maximum absolute atomic E-state index is 6.20. The van der Waals surface area contributed by atoms with Crippen LogP contribution in [0.2, 0.25) is 0 Å². The molecule has 10 aromatic rings. The van der Waals surface area contributed by atoms with Gasteiger partial charge in [-0.1, -0.05) is 91.0 Å². The fourth-order valence-electron chi connectivity index (χ4n) is 6.77. The molecule has 10 rings (SSSR count). The summed E-state index contributed by atoms with van der Waals surface area (Å²) in [5.41, 5.74) is 5.35. The molecule has 0 fully saturated rings. The Hall–Kier alpha value is -6.40. The summed E-state index contributed by atoms with van der Waals surface area (Å²) in [4.78, 5) is 19.6. The summed E-state index contributed by atoms with van der Waals surface area (Å²) in [6, 6.07) is 44.2. The molecule has 0 spiro atoms. The number of nitrogens with zero attached hydrogens (tertiary/aromatic N) is 5. The van der Waals surface area contributed by atoms with Gasteiger partial charge in [0.25, 0.3) is 0 Å². The van der Waals surface area contributed by atoms with Crippen LogP contribution in [0.1, 0.15) is 0 Å². The average molecular weight is 590 g/mol. The van der Waals surface area contributed by atoms with Crippen molar-refractivity contribution in [3.63, 3.8) is 0 Å². The third kappa shape index (κ3) is 3.70. The lowest BCUT2D eigenvalue weighted by molar-refractivity contribution is 0.667. The van der Waals surface area contributed by atoms with E-state index in [1.807, 2.05) is 12.1 Å². The molecular formula is C40H23N5O. The Kier molecular flexibility index (Phi) is 5.19. The molecule has 6 nitrogen and oxygen atoms in total. The van der Waals surface area contributed by atoms with Crippen LogP contribution in [-0.2, 0) is 0 Å². The molecule has 0 saturated heterocycles. The predicted octanol–water partition coefficient (Wildman–Crippen LogP) is 9.90. The zero-order valence-corrected chi connectivity index (χ0v) is 24.4. The van der Waals surface area contributed by atoms with Gasteiger partial charge in [-0.15, -0.1) is 0 Å². The van der Waals surface area contributed by atoms with Crippen LogP contribution in [0.25, 0.3) is 94.0 Å². The van der Waals surface area contributed by atoms with Gasteiger partial charge in [-0.2, -0.15) is 9.97 Å². The molecule has 46 heavy (non-hydrogen) atoms. The van der Waals surface area contributed by atoms with E-state index in [1.165, 1.54) is 16.2 Å². The zero-order valence-electron chi connectivity index (χ0n) is 24.4. The molecule has 214 valence electrons. The third-order valence-electron chi connectivity index (χ3n) is 8.94. The van der Waals surface area contributed by atoms with Crippen LogP contribution in [0.15, 0.2) is 144 Å². The van der Waals surface area contributed by atoms with Gasteiger partial charge < -0.3 is 4.42 Å². The predicted molar refractivity (Wildman–Crippen MR) is 185 cm³/mol. The summed E-state index contributed by atoms with van der Waals surface area (Å²) in [7, 11) is 0. The van der Waals surface area contributed by atoms with Crippen molar-refractivity contribution in [1.82, 2.24) is 24.5 Å². The number of pyridine rings is 1. The highest BCUT2D eigenvalue weighted by molar-refractivity contribution is 6.10. The zero-order chi connectivity index (χ0) is 30.2. The van der Waals surface area contributed by atoms with E-state index >= 15 is 0 Å². The van der Waals surface area contributed by atoms with Crippen molar-refractivity contribution in [3.8, 4) is 28.7 Å². The summed E-state index contributed by atoms with van der Waals surface area (Å²) in [5.74, 6) is 1.73. The lowest BCUT2D eigenvalue weighted by Gasteiger charge is -2.12. The smallest absolute Gasteiger partial charge is 0.238 e. The topological polar surface area (TPSA) is 69.6 Å². The third-order valence-corrected chi connectivity index (χ3v) is 8.94. The van der Waals surface area contributed by atoms with Crippen molar-refractivity contribution in [3.05, 3.63) is 140 Å². The van der Waals surface area contributed by atoms with Crippen LogP contribution in [0.5, 0.6) is 0 Å². The van der Waals surface area contributed by atoms with Gasteiger partial charge in [0.15, 0.2) is 17.2 Å². The van der Waals surface area contributed by atoms with E-state index in [9.17, 15) is 0 Å². The Balaban J connectivity index is 1.26. The number of furan rings is 1. The van der Waals surface area contributed by atoms with Gasteiger partial charge in [-0.3, -0.25) is 9.55 Å². The number of hydrogen-bond donors (Lipinski definition) is 0. The highest BCUT2D eigenvalue weighted by Gasteiger charge is 2.19. The summed E-state index contributed by atoms with van der Waals surface area (Å²) in [5, 5.41) is 9.08. The fraction of sp³-hybridized carbons (Fsp3) is 0. The second kappa shape index (κ2) is 9.55. The highest BCUT2D eigenvalue weighted by Crippen LogP contribution is 2.35. The van der Waals surface area contributed by atoms with Gasteiger partial charge in [0.2, 0.25) is 5.95 Å². The maximum Gasteiger partial charge on any atom is 0.238 e. The molecule has 4 aromatic heterocycles. The average Bonchev–Trinajstić information content (AvgIpc) is 3.66. The minimum Gasteiger partial charge on any atom is -0.454 e. The number of fused-ring (bicyclic) bond motifs is 9. The Morgan fingerprint density at radius 1 is 0.457 bits per heavy atom. The van der Waals surface area contributed by atoms with Crippen molar-refractivity contribution in [2.24, 2.45) is 0 Å². The second-order valence-corrected chi connectivity index (χ2v) is 11.6. The van der Waals surface area contributed by atoms with Crippen LogP contribution >= 0.6 is 0 Å². The molecule has 6 aromatic carbocycles. The number of para-hydroxylation sites is 2. The maximum atomic E-state index is 6.20. The molecule has 0 amide bonds. The Morgan fingerprint density at radius 2 is 1.07 bits per heavy atom. The molecule has 0 radical (unpaired) electrons. The molecule has 4 heterocycles. The van der Waals surface area contributed by atoms with Crippen LogP contribution in [0, 0.1) is 0 Å². The number of benzene rings is 6. The molecule has 0 aliphatic carbocycles. The lowest BCUT2D eigenvalue weighted by atomic mass is 10.00. The fourth-order valence-corrected chi connectivity index (χ4v) is 6.77. The van der Waals surface area contributed by atoms with Gasteiger partial charge in [0, 0.05) is 38.9 Å². The van der Waals surface area contributed by atoms with Crippen LogP contribution in [0.4, 0.5) is 0 Å². The van der Waals surface area contributed by atoms with E-state index in [0.29, 0.717) is 17.6 Å². The van der Waals surface area contributed by atoms with E-state index in [-0.39, 0.29) is 0 Å². The molecule has 6 heteroatoms. The summed E-state index contributed by atoms with van der Waals surface area (Å²) in [6.45, 7) is 0. The molecule has 0 N–H and O–H groups in total. The number of aromatic nitrogens is 5. The lowest BCUT2D eigenvalue weighted by Crippen LogP contribution is -2.06. The van der Waals surface area contributed by atoms with Gasteiger partial charge >= 0.3 is 0 Å². The molecule has 0 saturated carbocycles. The summed E-state index contributed by atoms with van der Waals surface area (Å²) in [6.07, 6.45) is 3.54. The van der Waals surface area contributed by atoms with E-state index in [0.717, 1.165) is 60.3 Å². The Labute approximate surface area is 262 Å². The summed E-state index contributed by atoms with van der Waals surface area (Å²) >= 11 is 0. The summed E-state index contributed by atoms with van der Waals surface area (Å²) < 4.78 is 8.34. The highest BCUT2D eigenvalue weighted by atomic mass is 16.3. The molecule has 0 unspecified atom stereocenters. The molecular weight excluding hydrogens is 566 g/mol. The van der Waals surface area contributed by atoms with Crippen molar-refractivity contribution >= 4 is 65.3 Å². The van der Waals surface area contributed by atoms with Crippen LogP contribution < -0.4 is 0 Å². The second-order valence-electron chi connectivity index (χ2n) is 11.6. The molecule has 0 aliphatic rings. The first-order chi connectivity index (χ1) is 22.8. The van der Waals surface area contributed by atoms with Crippen LogP contribution in [-0.4, -0.2) is 24.5 Å². The molecule has 0 atom stereocenters. The van der Waals surface area contributed by atoms with Gasteiger partial charge in [-0.05, 0) is 57.9 Å². The SMILES string of the molecule is c1ccc2c(c1)ccc1ccc(-c3nc(-c4ccc5c(c4)oc4cnccc45)nc(-n4c5ccccc5c5ccccc54)n3)cc12. The van der Waals surface area contributed by atoms with Gasteiger partial charge in [-0.25, -0.2) is 4.98 Å². The van der Waals surface area contributed by atoms with Gasteiger partial charge in [0.1, 0.15) is 5.58 Å². The number of hydrogen-bond acceptors (Lipinski definition) is 5.